The fourth-order valence-electron chi connectivity index (χ4n) is 2.80. The van der Waals surface area contributed by atoms with Gasteiger partial charge >= 0.3 is 0 Å². The molecule has 1 aromatic rings. The molecule has 2 rings (SSSR count). The highest BCUT2D eigenvalue weighted by Crippen LogP contribution is 2.16. The van der Waals surface area contributed by atoms with Crippen molar-refractivity contribution < 1.29 is 0 Å². The molecule has 0 aromatic heterocycles. The van der Waals surface area contributed by atoms with E-state index >= 15 is 0 Å². The zero-order valence-electron chi connectivity index (χ0n) is 12.7. The molecule has 0 unspecified atom stereocenters. The molecule has 0 spiro atoms. The Kier molecular flexibility index (Phi) is 5.41. The zero-order chi connectivity index (χ0) is 13.7. The second-order valence-electron chi connectivity index (χ2n) is 5.92. The summed E-state index contributed by atoms with van der Waals surface area (Å²) >= 11 is 0. The Morgan fingerprint density at radius 1 is 1.16 bits per heavy atom. The molecule has 0 amide bonds. The third kappa shape index (κ3) is 4.32. The molecule has 106 valence electrons. The van der Waals surface area contributed by atoms with Gasteiger partial charge in [0.1, 0.15) is 0 Å². The monoisotopic (exact) mass is 260 g/mol. The summed E-state index contributed by atoms with van der Waals surface area (Å²) in [4.78, 5) is 2.59. The molecular weight excluding hydrogens is 232 g/mol. The second-order valence-corrected chi connectivity index (χ2v) is 5.92. The van der Waals surface area contributed by atoms with Crippen LogP contribution < -0.4 is 5.32 Å². The number of nitrogens with one attached hydrogen (secondary N) is 1. The van der Waals surface area contributed by atoms with Crippen LogP contribution in [0.25, 0.3) is 0 Å². The van der Waals surface area contributed by atoms with Crippen molar-refractivity contribution in [1.29, 1.82) is 0 Å². The third-order valence-corrected chi connectivity index (χ3v) is 4.25. The molecule has 0 aliphatic carbocycles. The topological polar surface area (TPSA) is 15.3 Å². The SMILES string of the molecule is CCCNC1CCN(Cc2ccc(C)c(C)c2)CC1. The van der Waals surface area contributed by atoms with Crippen molar-refractivity contribution in [1.82, 2.24) is 10.2 Å². The molecule has 1 aliphatic heterocycles. The fourth-order valence-corrected chi connectivity index (χ4v) is 2.80. The van der Waals surface area contributed by atoms with E-state index in [-0.39, 0.29) is 0 Å². The Hall–Kier alpha value is -0.860. The normalized spacial score (nSPS) is 17.8. The quantitative estimate of drug-likeness (QED) is 0.874. The minimum absolute atomic E-state index is 0.746. The van der Waals surface area contributed by atoms with Crippen LogP contribution in [-0.2, 0) is 6.54 Å². The Morgan fingerprint density at radius 3 is 2.53 bits per heavy atom. The van der Waals surface area contributed by atoms with Crippen molar-refractivity contribution in [2.75, 3.05) is 19.6 Å². The maximum absolute atomic E-state index is 3.65. The van der Waals surface area contributed by atoms with Crippen molar-refractivity contribution in [3.63, 3.8) is 0 Å². The van der Waals surface area contributed by atoms with E-state index in [1.165, 1.54) is 55.6 Å². The lowest BCUT2D eigenvalue weighted by molar-refractivity contribution is 0.191. The van der Waals surface area contributed by atoms with Crippen LogP contribution >= 0.6 is 0 Å². The van der Waals surface area contributed by atoms with E-state index in [2.05, 4.69) is 49.2 Å². The molecule has 1 aromatic carbocycles. The predicted octanol–water partition coefficient (Wildman–Crippen LogP) is 3.27. The largest absolute Gasteiger partial charge is 0.314 e. The van der Waals surface area contributed by atoms with Crippen molar-refractivity contribution in [2.45, 2.75) is 52.6 Å². The molecule has 0 atom stereocenters. The minimum atomic E-state index is 0.746. The van der Waals surface area contributed by atoms with Gasteiger partial charge in [-0.05, 0) is 69.4 Å². The van der Waals surface area contributed by atoms with Gasteiger partial charge in [0.05, 0.1) is 0 Å². The number of likely N-dealkylation sites (tertiary alicyclic amines) is 1. The van der Waals surface area contributed by atoms with Gasteiger partial charge in [-0.2, -0.15) is 0 Å². The van der Waals surface area contributed by atoms with Gasteiger partial charge in [-0.1, -0.05) is 25.1 Å². The standard InChI is InChI=1S/C17H28N2/c1-4-9-18-17-7-10-19(11-8-17)13-16-6-5-14(2)15(3)12-16/h5-6,12,17-18H,4,7-11,13H2,1-3H3. The van der Waals surface area contributed by atoms with E-state index in [9.17, 15) is 0 Å². The van der Waals surface area contributed by atoms with E-state index < -0.39 is 0 Å². The summed E-state index contributed by atoms with van der Waals surface area (Å²) in [5.41, 5.74) is 4.27. The van der Waals surface area contributed by atoms with Gasteiger partial charge < -0.3 is 5.32 Å². The van der Waals surface area contributed by atoms with Gasteiger partial charge in [0.25, 0.3) is 0 Å². The molecule has 1 N–H and O–H groups in total. The minimum Gasteiger partial charge on any atom is -0.314 e. The lowest BCUT2D eigenvalue weighted by Crippen LogP contribution is -2.42. The summed E-state index contributed by atoms with van der Waals surface area (Å²) in [5.74, 6) is 0. The lowest BCUT2D eigenvalue weighted by Gasteiger charge is -2.32. The first-order valence-electron chi connectivity index (χ1n) is 7.71. The highest BCUT2D eigenvalue weighted by atomic mass is 15.1. The van der Waals surface area contributed by atoms with Crippen molar-refractivity contribution in [2.24, 2.45) is 0 Å². The summed E-state index contributed by atoms with van der Waals surface area (Å²) in [5, 5.41) is 3.65. The van der Waals surface area contributed by atoms with Crippen LogP contribution in [0.4, 0.5) is 0 Å². The Balaban J connectivity index is 1.80. The molecule has 19 heavy (non-hydrogen) atoms. The number of piperidine rings is 1. The fraction of sp³-hybridized carbons (Fsp3) is 0.647. The van der Waals surface area contributed by atoms with Gasteiger partial charge in [-0.15, -0.1) is 0 Å². The first-order chi connectivity index (χ1) is 9.19. The van der Waals surface area contributed by atoms with E-state index in [0.29, 0.717) is 0 Å². The highest BCUT2D eigenvalue weighted by Gasteiger charge is 2.18. The maximum atomic E-state index is 3.65. The molecule has 2 nitrogen and oxygen atoms in total. The smallest absolute Gasteiger partial charge is 0.0233 e. The summed E-state index contributed by atoms with van der Waals surface area (Å²) in [6.07, 6.45) is 3.83. The molecule has 0 radical (unpaired) electrons. The number of hydrogen-bond donors (Lipinski definition) is 1. The van der Waals surface area contributed by atoms with Gasteiger partial charge in [0.2, 0.25) is 0 Å². The first kappa shape index (κ1) is 14.5. The van der Waals surface area contributed by atoms with Crippen LogP contribution in [0, 0.1) is 13.8 Å². The van der Waals surface area contributed by atoms with Gasteiger partial charge in [0, 0.05) is 12.6 Å². The zero-order valence-corrected chi connectivity index (χ0v) is 12.7. The van der Waals surface area contributed by atoms with Crippen LogP contribution in [0.2, 0.25) is 0 Å². The van der Waals surface area contributed by atoms with Gasteiger partial charge in [0.15, 0.2) is 0 Å². The number of aryl methyl sites for hydroxylation is 2. The Labute approximate surface area is 118 Å². The van der Waals surface area contributed by atoms with Crippen LogP contribution in [0.1, 0.15) is 42.9 Å². The number of nitrogens with zero attached hydrogens (tertiary/aromatic N) is 1. The molecule has 0 bridgehead atoms. The highest BCUT2D eigenvalue weighted by molar-refractivity contribution is 5.29. The second kappa shape index (κ2) is 7.06. The predicted molar refractivity (Wildman–Crippen MR) is 82.5 cm³/mol. The van der Waals surface area contributed by atoms with Gasteiger partial charge in [-0.25, -0.2) is 0 Å². The molecule has 1 heterocycles. The van der Waals surface area contributed by atoms with E-state index in [1.807, 2.05) is 0 Å². The molecule has 1 fully saturated rings. The molecule has 1 aliphatic rings. The van der Waals surface area contributed by atoms with E-state index in [4.69, 9.17) is 0 Å². The maximum Gasteiger partial charge on any atom is 0.0233 e. The third-order valence-electron chi connectivity index (χ3n) is 4.25. The molecule has 2 heteroatoms. The summed E-state index contributed by atoms with van der Waals surface area (Å²) in [7, 11) is 0. The Morgan fingerprint density at radius 2 is 1.89 bits per heavy atom. The van der Waals surface area contributed by atoms with Crippen molar-refractivity contribution in [3.05, 3.63) is 34.9 Å². The summed E-state index contributed by atoms with van der Waals surface area (Å²) in [6.45, 7) is 11.4. The summed E-state index contributed by atoms with van der Waals surface area (Å²) in [6, 6.07) is 7.62. The van der Waals surface area contributed by atoms with Crippen LogP contribution in [0.15, 0.2) is 18.2 Å². The molecular formula is C17H28N2. The van der Waals surface area contributed by atoms with E-state index in [1.54, 1.807) is 0 Å². The molecule has 1 saturated heterocycles. The van der Waals surface area contributed by atoms with Crippen LogP contribution in [0.3, 0.4) is 0 Å². The van der Waals surface area contributed by atoms with E-state index in [0.717, 1.165) is 12.6 Å². The van der Waals surface area contributed by atoms with Crippen LogP contribution in [0.5, 0.6) is 0 Å². The average Bonchev–Trinajstić information content (AvgIpc) is 2.42. The summed E-state index contributed by atoms with van der Waals surface area (Å²) < 4.78 is 0. The first-order valence-corrected chi connectivity index (χ1v) is 7.71. The lowest BCUT2D eigenvalue weighted by atomic mass is 10.0. The van der Waals surface area contributed by atoms with Crippen molar-refractivity contribution >= 4 is 0 Å². The average molecular weight is 260 g/mol. The number of rotatable bonds is 5. The van der Waals surface area contributed by atoms with Crippen molar-refractivity contribution in [3.8, 4) is 0 Å². The van der Waals surface area contributed by atoms with Crippen LogP contribution in [-0.4, -0.2) is 30.6 Å². The van der Waals surface area contributed by atoms with Gasteiger partial charge in [-0.3, -0.25) is 4.90 Å². The molecule has 0 saturated carbocycles. The Bertz CT molecular complexity index is 392. The number of benzene rings is 1. The number of hydrogen-bond acceptors (Lipinski definition) is 2.